The van der Waals surface area contributed by atoms with Crippen LogP contribution < -0.4 is 16.8 Å². The molecule has 0 heterocycles. The molecule has 0 saturated heterocycles. The quantitative estimate of drug-likeness (QED) is 0.546. The molecule has 0 aliphatic carbocycles. The molecule has 0 aliphatic rings. The Morgan fingerprint density at radius 2 is 2.00 bits per heavy atom. The molecule has 6 N–H and O–H groups in total. The van der Waals surface area contributed by atoms with Gasteiger partial charge in [-0.1, -0.05) is 11.6 Å². The van der Waals surface area contributed by atoms with Crippen LogP contribution in [0.15, 0.2) is 17.0 Å². The van der Waals surface area contributed by atoms with Crippen LogP contribution in [0.1, 0.15) is 18.4 Å². The van der Waals surface area contributed by atoms with Crippen LogP contribution in [0.3, 0.4) is 0 Å². The Morgan fingerprint density at radius 1 is 1.41 bits per heavy atom. The number of nitrogens with one attached hydrogen (secondary N) is 1. The number of halogens is 1. The van der Waals surface area contributed by atoms with Gasteiger partial charge in [-0.15, -0.1) is 0 Å². The molecule has 0 saturated carbocycles. The molecule has 0 spiro atoms. The summed E-state index contributed by atoms with van der Waals surface area (Å²) < 4.78 is 31.6. The summed E-state index contributed by atoms with van der Waals surface area (Å²) in [6, 6.07) is 1.49. The van der Waals surface area contributed by atoms with Crippen molar-refractivity contribution in [2.24, 2.45) is 11.5 Å². The summed E-state index contributed by atoms with van der Waals surface area (Å²) in [6.07, 6.45) is -0.0390. The van der Waals surface area contributed by atoms with Gasteiger partial charge in [0, 0.05) is 17.1 Å². The molecular formula is C12H16ClN3O5S. The lowest BCUT2D eigenvalue weighted by Crippen LogP contribution is -2.37. The average Bonchev–Trinajstić information content (AvgIpc) is 2.38. The van der Waals surface area contributed by atoms with E-state index in [-0.39, 0.29) is 29.1 Å². The second-order valence-electron chi connectivity index (χ2n) is 4.65. The summed E-state index contributed by atoms with van der Waals surface area (Å²) >= 11 is 5.87. The lowest BCUT2D eigenvalue weighted by Gasteiger charge is -2.11. The van der Waals surface area contributed by atoms with E-state index < -0.39 is 32.9 Å². The van der Waals surface area contributed by atoms with E-state index in [2.05, 4.69) is 5.32 Å². The van der Waals surface area contributed by atoms with E-state index in [4.69, 9.17) is 27.6 Å². The van der Waals surface area contributed by atoms with Gasteiger partial charge in [0.05, 0.1) is 6.04 Å². The highest BCUT2D eigenvalue weighted by atomic mass is 35.5. The molecule has 0 aliphatic heterocycles. The fourth-order valence-electron chi connectivity index (χ4n) is 1.65. The molecule has 1 rings (SSSR count). The molecule has 10 heteroatoms. The van der Waals surface area contributed by atoms with Gasteiger partial charge in [0.1, 0.15) is 4.90 Å². The normalized spacial score (nSPS) is 12.7. The Morgan fingerprint density at radius 3 is 2.50 bits per heavy atom. The van der Waals surface area contributed by atoms with Crippen LogP contribution in [0.2, 0.25) is 5.02 Å². The molecule has 1 aromatic rings. The predicted molar refractivity (Wildman–Crippen MR) is 81.0 cm³/mol. The Balaban J connectivity index is 2.89. The van der Waals surface area contributed by atoms with E-state index in [1.54, 1.807) is 0 Å². The number of rotatable bonds is 6. The van der Waals surface area contributed by atoms with E-state index in [1.807, 2.05) is 0 Å². The molecule has 0 unspecified atom stereocenters. The predicted octanol–water partition coefficient (Wildman–Crippen LogP) is 0.426. The molecule has 0 fully saturated rings. The highest BCUT2D eigenvalue weighted by molar-refractivity contribution is 7.85. The van der Waals surface area contributed by atoms with Crippen LogP contribution >= 0.6 is 11.6 Å². The highest BCUT2D eigenvalue weighted by Crippen LogP contribution is 2.27. The molecule has 0 aromatic heterocycles. The molecule has 122 valence electrons. The minimum absolute atomic E-state index is 0.0475. The first-order chi connectivity index (χ1) is 10.0. The standard InChI is InChI=1S/C12H16ClN3O5S/c1-6-8(13)4-7(5-10(6)22(19,20)21)16-11(17)3-2-9(14)12(15)18/h4-5,9H,2-3,14H2,1H3,(H2,15,18)(H,16,17)(H,19,20,21)/t9-/m0/s1. The fourth-order valence-corrected chi connectivity index (χ4v) is 2.69. The monoisotopic (exact) mass is 349 g/mol. The summed E-state index contributed by atoms with van der Waals surface area (Å²) in [6.45, 7) is 1.42. The van der Waals surface area contributed by atoms with Gasteiger partial charge >= 0.3 is 0 Å². The third-order valence-corrected chi connectivity index (χ3v) is 4.28. The van der Waals surface area contributed by atoms with Gasteiger partial charge < -0.3 is 16.8 Å². The zero-order chi connectivity index (χ0) is 17.1. The Labute approximate surface area is 132 Å². The number of carbonyl (C=O) groups is 2. The van der Waals surface area contributed by atoms with Gasteiger partial charge in [-0.25, -0.2) is 0 Å². The molecule has 1 atom stereocenters. The van der Waals surface area contributed by atoms with Crippen molar-refractivity contribution in [3.8, 4) is 0 Å². The van der Waals surface area contributed by atoms with Crippen LogP contribution in [-0.2, 0) is 19.7 Å². The SMILES string of the molecule is Cc1c(Cl)cc(NC(=O)CC[C@H](N)C(N)=O)cc1S(=O)(=O)O. The number of benzene rings is 1. The fraction of sp³-hybridized carbons (Fsp3) is 0.333. The van der Waals surface area contributed by atoms with E-state index >= 15 is 0 Å². The number of carbonyl (C=O) groups excluding carboxylic acids is 2. The molecule has 1 aromatic carbocycles. The Bertz CT molecular complexity index is 705. The van der Waals surface area contributed by atoms with Crippen LogP contribution in [0.4, 0.5) is 5.69 Å². The van der Waals surface area contributed by atoms with Crippen molar-refractivity contribution in [2.45, 2.75) is 30.7 Å². The molecule has 8 nitrogen and oxygen atoms in total. The average molecular weight is 350 g/mol. The summed E-state index contributed by atoms with van der Waals surface area (Å²) in [5, 5.41) is 2.48. The van der Waals surface area contributed by atoms with Crippen molar-refractivity contribution < 1.29 is 22.6 Å². The number of anilines is 1. The zero-order valence-electron chi connectivity index (χ0n) is 11.7. The third kappa shape index (κ3) is 4.95. The summed E-state index contributed by atoms with van der Waals surface area (Å²) in [5.41, 5.74) is 10.6. The first-order valence-electron chi connectivity index (χ1n) is 6.14. The molecule has 0 bridgehead atoms. The van der Waals surface area contributed by atoms with Crippen LogP contribution in [0, 0.1) is 6.92 Å². The Hall–Kier alpha value is -1.68. The van der Waals surface area contributed by atoms with Gasteiger partial charge in [-0.3, -0.25) is 14.1 Å². The lowest BCUT2D eigenvalue weighted by atomic mass is 10.1. The van der Waals surface area contributed by atoms with Gasteiger partial charge in [0.2, 0.25) is 11.8 Å². The first-order valence-corrected chi connectivity index (χ1v) is 7.96. The zero-order valence-corrected chi connectivity index (χ0v) is 13.2. The van der Waals surface area contributed by atoms with E-state index in [0.29, 0.717) is 0 Å². The van der Waals surface area contributed by atoms with Crippen molar-refractivity contribution in [3.05, 3.63) is 22.7 Å². The maximum atomic E-state index is 11.7. The minimum atomic E-state index is -4.47. The maximum absolute atomic E-state index is 11.7. The highest BCUT2D eigenvalue weighted by Gasteiger charge is 2.18. The van der Waals surface area contributed by atoms with E-state index in [0.717, 1.165) is 6.07 Å². The second-order valence-corrected chi connectivity index (χ2v) is 6.45. The third-order valence-electron chi connectivity index (χ3n) is 2.91. The van der Waals surface area contributed by atoms with E-state index in [1.165, 1.54) is 13.0 Å². The van der Waals surface area contributed by atoms with Gasteiger partial charge in [0.25, 0.3) is 10.1 Å². The van der Waals surface area contributed by atoms with Crippen LogP contribution in [0.25, 0.3) is 0 Å². The minimum Gasteiger partial charge on any atom is -0.368 e. The molecule has 22 heavy (non-hydrogen) atoms. The lowest BCUT2D eigenvalue weighted by molar-refractivity contribution is -0.119. The summed E-state index contributed by atoms with van der Waals surface area (Å²) in [5.74, 6) is -1.22. The summed E-state index contributed by atoms with van der Waals surface area (Å²) in [7, 11) is -4.47. The molecule has 2 amide bonds. The van der Waals surface area contributed by atoms with Crippen molar-refractivity contribution in [2.75, 3.05) is 5.32 Å². The molecular weight excluding hydrogens is 334 g/mol. The number of primary amides is 1. The van der Waals surface area contributed by atoms with Crippen LogP contribution in [-0.4, -0.2) is 30.8 Å². The number of nitrogens with two attached hydrogens (primary N) is 2. The van der Waals surface area contributed by atoms with E-state index in [9.17, 15) is 18.0 Å². The van der Waals surface area contributed by atoms with Crippen molar-refractivity contribution in [1.29, 1.82) is 0 Å². The van der Waals surface area contributed by atoms with Gasteiger partial charge in [0.15, 0.2) is 0 Å². The Kier molecular flexibility index (Phi) is 5.89. The van der Waals surface area contributed by atoms with Crippen molar-refractivity contribution in [1.82, 2.24) is 0 Å². The second kappa shape index (κ2) is 7.05. The van der Waals surface area contributed by atoms with Gasteiger partial charge in [-0.05, 0) is 31.0 Å². The van der Waals surface area contributed by atoms with Gasteiger partial charge in [-0.2, -0.15) is 8.42 Å². The smallest absolute Gasteiger partial charge is 0.294 e. The first kappa shape index (κ1) is 18.4. The van der Waals surface area contributed by atoms with Crippen LogP contribution in [0.5, 0.6) is 0 Å². The number of amides is 2. The van der Waals surface area contributed by atoms with Crippen molar-refractivity contribution >= 4 is 39.2 Å². The summed E-state index contributed by atoms with van der Waals surface area (Å²) in [4.78, 5) is 22.1. The molecule has 0 radical (unpaired) electrons. The largest absolute Gasteiger partial charge is 0.368 e. The maximum Gasteiger partial charge on any atom is 0.294 e. The topological polar surface area (TPSA) is 153 Å². The number of hydrogen-bond donors (Lipinski definition) is 4. The number of hydrogen-bond acceptors (Lipinski definition) is 5. The van der Waals surface area contributed by atoms with Crippen molar-refractivity contribution in [3.63, 3.8) is 0 Å².